The molecule has 1 atom stereocenters. The normalized spacial score (nSPS) is 11.4. The maximum Gasteiger partial charge on any atom is 0.328 e. The van der Waals surface area contributed by atoms with Crippen LogP contribution in [0, 0.1) is 5.82 Å². The van der Waals surface area contributed by atoms with E-state index in [1.165, 1.54) is 25.1 Å². The number of carbonyl (C=O) groups excluding carboxylic acids is 3. The van der Waals surface area contributed by atoms with Crippen LogP contribution in [0.2, 0.25) is 5.02 Å². The van der Waals surface area contributed by atoms with Crippen LogP contribution in [0.4, 0.5) is 4.39 Å². The minimum absolute atomic E-state index is 0.238. The zero-order chi connectivity index (χ0) is 20.5. The Bertz CT molecular complexity index is 842. The molecule has 0 bridgehead atoms. The highest BCUT2D eigenvalue weighted by atomic mass is 35.5. The Morgan fingerprint density at radius 1 is 1.11 bits per heavy atom. The topological polar surface area (TPSA) is 84.5 Å². The third-order valence-corrected chi connectivity index (χ3v) is 4.14. The molecule has 0 aliphatic rings. The maximum atomic E-state index is 12.8. The van der Waals surface area contributed by atoms with E-state index in [0.717, 1.165) is 5.56 Å². The summed E-state index contributed by atoms with van der Waals surface area (Å²) in [6, 6.07) is 11.4. The number of hydrogen-bond acceptors (Lipinski definition) is 4. The summed E-state index contributed by atoms with van der Waals surface area (Å²) >= 11 is 5.94. The fourth-order valence-electron chi connectivity index (χ4n) is 2.29. The number of hydrogen-bond donors (Lipinski definition) is 2. The molecule has 0 fully saturated rings. The molecule has 0 spiro atoms. The van der Waals surface area contributed by atoms with Gasteiger partial charge in [0.2, 0.25) is 0 Å². The van der Waals surface area contributed by atoms with E-state index in [1.54, 1.807) is 30.3 Å². The molecule has 2 aromatic carbocycles. The molecule has 0 heterocycles. The summed E-state index contributed by atoms with van der Waals surface area (Å²) in [5, 5.41) is 5.33. The van der Waals surface area contributed by atoms with Gasteiger partial charge in [0.25, 0.3) is 11.8 Å². The van der Waals surface area contributed by atoms with Crippen LogP contribution in [-0.4, -0.2) is 37.0 Å². The third kappa shape index (κ3) is 6.66. The molecule has 6 nitrogen and oxygen atoms in total. The minimum atomic E-state index is -0.948. The molecule has 8 heteroatoms. The van der Waals surface area contributed by atoms with Crippen LogP contribution in [0.5, 0.6) is 0 Å². The predicted molar refractivity (Wildman–Crippen MR) is 102 cm³/mol. The molecule has 0 saturated carbocycles. The number of rotatable bonds is 8. The Kier molecular flexibility index (Phi) is 7.95. The third-order valence-electron chi connectivity index (χ3n) is 3.81. The Labute approximate surface area is 167 Å². The lowest BCUT2D eigenvalue weighted by Crippen LogP contribution is -2.41. The zero-order valence-corrected chi connectivity index (χ0v) is 16.0. The van der Waals surface area contributed by atoms with Gasteiger partial charge < -0.3 is 15.4 Å². The van der Waals surface area contributed by atoms with E-state index >= 15 is 0 Å². The lowest BCUT2D eigenvalue weighted by Gasteiger charge is -2.14. The molecule has 2 aromatic rings. The van der Waals surface area contributed by atoms with Crippen molar-refractivity contribution in [3.8, 4) is 0 Å². The van der Waals surface area contributed by atoms with Gasteiger partial charge in [0.1, 0.15) is 11.9 Å². The van der Waals surface area contributed by atoms with Gasteiger partial charge in [-0.15, -0.1) is 0 Å². The second kappa shape index (κ2) is 10.4. The summed E-state index contributed by atoms with van der Waals surface area (Å²) in [5.74, 6) is -2.05. The molecule has 0 saturated heterocycles. The summed E-state index contributed by atoms with van der Waals surface area (Å²) in [6.45, 7) is 1.30. The average molecular weight is 407 g/mol. The Morgan fingerprint density at radius 3 is 2.46 bits per heavy atom. The fourth-order valence-corrected chi connectivity index (χ4v) is 2.51. The SMILES string of the molecule is C[C@H](NC(=O)c1ccccc1Cl)C(=O)OCC(=O)NCCc1ccc(F)cc1. The molecular formula is C20H20ClFN2O4. The molecule has 0 aliphatic carbocycles. The van der Waals surface area contributed by atoms with Crippen molar-refractivity contribution in [3.63, 3.8) is 0 Å². The van der Waals surface area contributed by atoms with Gasteiger partial charge in [-0.3, -0.25) is 9.59 Å². The molecule has 0 aliphatic heterocycles. The van der Waals surface area contributed by atoms with Crippen LogP contribution in [0.1, 0.15) is 22.8 Å². The van der Waals surface area contributed by atoms with Gasteiger partial charge in [0, 0.05) is 6.54 Å². The first-order chi connectivity index (χ1) is 13.4. The highest BCUT2D eigenvalue weighted by molar-refractivity contribution is 6.33. The molecule has 28 heavy (non-hydrogen) atoms. The van der Waals surface area contributed by atoms with Gasteiger partial charge in [0.15, 0.2) is 6.61 Å². The smallest absolute Gasteiger partial charge is 0.328 e. The number of carbonyl (C=O) groups is 3. The van der Waals surface area contributed by atoms with Crippen LogP contribution < -0.4 is 10.6 Å². The van der Waals surface area contributed by atoms with E-state index in [1.807, 2.05) is 0 Å². The largest absolute Gasteiger partial charge is 0.454 e. The summed E-state index contributed by atoms with van der Waals surface area (Å²) in [4.78, 5) is 35.8. The van der Waals surface area contributed by atoms with Crippen LogP contribution in [0.3, 0.4) is 0 Å². The Morgan fingerprint density at radius 2 is 1.79 bits per heavy atom. The van der Waals surface area contributed by atoms with E-state index in [9.17, 15) is 18.8 Å². The van der Waals surface area contributed by atoms with Crippen LogP contribution in [0.15, 0.2) is 48.5 Å². The van der Waals surface area contributed by atoms with Crippen molar-refractivity contribution in [3.05, 3.63) is 70.5 Å². The number of halogens is 2. The number of ether oxygens (including phenoxy) is 1. The molecule has 2 N–H and O–H groups in total. The van der Waals surface area contributed by atoms with Gasteiger partial charge in [-0.05, 0) is 43.2 Å². The molecule has 148 valence electrons. The van der Waals surface area contributed by atoms with Crippen LogP contribution in [0.25, 0.3) is 0 Å². The summed E-state index contributed by atoms with van der Waals surface area (Å²) in [5.41, 5.74) is 1.11. The van der Waals surface area contributed by atoms with Crippen molar-refractivity contribution in [1.82, 2.24) is 10.6 Å². The summed E-state index contributed by atoms with van der Waals surface area (Å²) in [6.07, 6.45) is 0.518. The predicted octanol–water partition coefficient (Wildman–Crippen LogP) is 2.50. The van der Waals surface area contributed by atoms with E-state index in [0.29, 0.717) is 13.0 Å². The second-order valence-electron chi connectivity index (χ2n) is 6.01. The maximum absolute atomic E-state index is 12.8. The minimum Gasteiger partial charge on any atom is -0.454 e. The molecule has 0 unspecified atom stereocenters. The lowest BCUT2D eigenvalue weighted by molar-refractivity contribution is -0.150. The van der Waals surface area contributed by atoms with Crippen molar-refractivity contribution in [2.24, 2.45) is 0 Å². The highest BCUT2D eigenvalue weighted by Crippen LogP contribution is 2.14. The number of amides is 2. The van der Waals surface area contributed by atoms with Gasteiger partial charge in [-0.25, -0.2) is 9.18 Å². The number of nitrogens with one attached hydrogen (secondary N) is 2. The standard InChI is InChI=1S/C20H20ClFN2O4/c1-13(24-19(26)16-4-2-3-5-17(16)21)20(27)28-12-18(25)23-11-10-14-6-8-15(22)9-7-14/h2-9,13H,10-12H2,1H3,(H,23,25)(H,24,26)/t13-/m0/s1. The van der Waals surface area contributed by atoms with E-state index in [-0.39, 0.29) is 16.4 Å². The van der Waals surface area contributed by atoms with Crippen LogP contribution >= 0.6 is 11.6 Å². The van der Waals surface area contributed by atoms with E-state index in [4.69, 9.17) is 16.3 Å². The van der Waals surface area contributed by atoms with Gasteiger partial charge >= 0.3 is 5.97 Å². The lowest BCUT2D eigenvalue weighted by atomic mass is 10.1. The fraction of sp³-hybridized carbons (Fsp3) is 0.250. The molecular weight excluding hydrogens is 387 g/mol. The van der Waals surface area contributed by atoms with Crippen molar-refractivity contribution < 1.29 is 23.5 Å². The molecule has 0 radical (unpaired) electrons. The van der Waals surface area contributed by atoms with Crippen LogP contribution in [-0.2, 0) is 20.7 Å². The molecule has 0 aromatic heterocycles. The van der Waals surface area contributed by atoms with E-state index in [2.05, 4.69) is 10.6 Å². The van der Waals surface area contributed by atoms with Gasteiger partial charge in [0.05, 0.1) is 10.6 Å². The van der Waals surface area contributed by atoms with E-state index < -0.39 is 30.4 Å². The number of esters is 1. The first kappa shape index (κ1) is 21.4. The second-order valence-corrected chi connectivity index (χ2v) is 6.42. The van der Waals surface area contributed by atoms with Crippen molar-refractivity contribution in [2.75, 3.05) is 13.2 Å². The van der Waals surface area contributed by atoms with Crippen molar-refractivity contribution >= 4 is 29.4 Å². The molecule has 2 amide bonds. The highest BCUT2D eigenvalue weighted by Gasteiger charge is 2.20. The van der Waals surface area contributed by atoms with Gasteiger partial charge in [-0.1, -0.05) is 35.9 Å². The summed E-state index contributed by atoms with van der Waals surface area (Å²) < 4.78 is 17.7. The Hall–Kier alpha value is -2.93. The van der Waals surface area contributed by atoms with Gasteiger partial charge in [-0.2, -0.15) is 0 Å². The molecule has 2 rings (SSSR count). The Balaban J connectivity index is 1.70. The average Bonchev–Trinajstić information content (AvgIpc) is 2.67. The van der Waals surface area contributed by atoms with Crippen molar-refractivity contribution in [2.45, 2.75) is 19.4 Å². The zero-order valence-electron chi connectivity index (χ0n) is 15.2. The first-order valence-corrected chi connectivity index (χ1v) is 8.98. The monoisotopic (exact) mass is 406 g/mol. The first-order valence-electron chi connectivity index (χ1n) is 8.60. The summed E-state index contributed by atoms with van der Waals surface area (Å²) in [7, 11) is 0. The quantitative estimate of drug-likeness (QED) is 0.660. The number of benzene rings is 2. The van der Waals surface area contributed by atoms with Crippen molar-refractivity contribution in [1.29, 1.82) is 0 Å².